The van der Waals surface area contributed by atoms with Crippen LogP contribution in [0.3, 0.4) is 0 Å². The molecule has 112 valence electrons. The predicted molar refractivity (Wildman–Crippen MR) is 78.1 cm³/mol. The zero-order chi connectivity index (χ0) is 14.5. The van der Waals surface area contributed by atoms with E-state index in [0.717, 1.165) is 32.4 Å². The molecular weight excluding hydrogens is 240 g/mol. The van der Waals surface area contributed by atoms with Crippen LogP contribution >= 0.6 is 0 Å². The molecule has 3 atom stereocenters. The average molecular weight is 270 g/mol. The van der Waals surface area contributed by atoms with Crippen molar-refractivity contribution < 1.29 is 9.53 Å². The van der Waals surface area contributed by atoms with Crippen LogP contribution in [0.25, 0.3) is 0 Å². The SMILES string of the molecule is CCC(C)CN(CC)C1CCC(NC)(C(=O)OC)C1. The maximum atomic E-state index is 12.0. The van der Waals surface area contributed by atoms with Crippen molar-refractivity contribution in [2.45, 2.75) is 58.0 Å². The van der Waals surface area contributed by atoms with Crippen LogP contribution in [0.15, 0.2) is 0 Å². The number of hydrogen-bond donors (Lipinski definition) is 1. The molecule has 4 nitrogen and oxygen atoms in total. The van der Waals surface area contributed by atoms with Gasteiger partial charge in [-0.25, -0.2) is 0 Å². The van der Waals surface area contributed by atoms with Crippen LogP contribution in [0.1, 0.15) is 46.5 Å². The van der Waals surface area contributed by atoms with E-state index in [1.807, 2.05) is 7.05 Å². The first-order valence-corrected chi connectivity index (χ1v) is 7.54. The number of likely N-dealkylation sites (N-methyl/N-ethyl adjacent to an activating group) is 1. The van der Waals surface area contributed by atoms with Crippen LogP contribution in [0, 0.1) is 5.92 Å². The van der Waals surface area contributed by atoms with Gasteiger partial charge in [0.1, 0.15) is 5.54 Å². The fourth-order valence-electron chi connectivity index (χ4n) is 3.11. The normalized spacial score (nSPS) is 28.6. The molecule has 0 heterocycles. The zero-order valence-corrected chi connectivity index (χ0v) is 13.2. The summed E-state index contributed by atoms with van der Waals surface area (Å²) in [4.78, 5) is 14.5. The van der Waals surface area contributed by atoms with Gasteiger partial charge in [-0.3, -0.25) is 4.79 Å². The second kappa shape index (κ2) is 7.25. The summed E-state index contributed by atoms with van der Waals surface area (Å²) in [6.45, 7) is 8.91. The fourth-order valence-corrected chi connectivity index (χ4v) is 3.11. The summed E-state index contributed by atoms with van der Waals surface area (Å²) in [5.74, 6) is 0.597. The second-order valence-corrected chi connectivity index (χ2v) is 5.82. The van der Waals surface area contributed by atoms with Gasteiger partial charge in [0.2, 0.25) is 0 Å². The van der Waals surface area contributed by atoms with E-state index in [0.29, 0.717) is 12.0 Å². The topological polar surface area (TPSA) is 41.6 Å². The van der Waals surface area contributed by atoms with Gasteiger partial charge in [-0.2, -0.15) is 0 Å². The average Bonchev–Trinajstić information content (AvgIpc) is 2.89. The molecule has 0 aromatic carbocycles. The molecule has 19 heavy (non-hydrogen) atoms. The van der Waals surface area contributed by atoms with Gasteiger partial charge < -0.3 is 15.0 Å². The number of hydrogen-bond acceptors (Lipinski definition) is 4. The smallest absolute Gasteiger partial charge is 0.326 e. The predicted octanol–water partition coefficient (Wildman–Crippen LogP) is 2.04. The van der Waals surface area contributed by atoms with Crippen molar-refractivity contribution in [2.24, 2.45) is 5.92 Å². The lowest BCUT2D eigenvalue weighted by molar-refractivity contribution is -0.148. The Balaban J connectivity index is 2.69. The number of ether oxygens (including phenoxy) is 1. The molecule has 0 saturated heterocycles. The molecule has 1 aliphatic rings. The molecule has 0 aromatic rings. The Kier molecular flexibility index (Phi) is 6.27. The summed E-state index contributed by atoms with van der Waals surface area (Å²) in [6.07, 6.45) is 4.01. The van der Waals surface area contributed by atoms with E-state index in [2.05, 4.69) is 31.0 Å². The molecule has 1 saturated carbocycles. The molecule has 0 aromatic heterocycles. The Morgan fingerprint density at radius 3 is 2.68 bits per heavy atom. The van der Waals surface area contributed by atoms with Gasteiger partial charge >= 0.3 is 5.97 Å². The van der Waals surface area contributed by atoms with Crippen molar-refractivity contribution in [3.63, 3.8) is 0 Å². The minimum Gasteiger partial charge on any atom is -0.468 e. The van der Waals surface area contributed by atoms with Crippen LogP contribution in [0.5, 0.6) is 0 Å². The number of carbonyl (C=O) groups is 1. The van der Waals surface area contributed by atoms with Gasteiger partial charge in [-0.15, -0.1) is 0 Å². The Hall–Kier alpha value is -0.610. The molecule has 0 radical (unpaired) electrons. The first-order chi connectivity index (χ1) is 9.02. The van der Waals surface area contributed by atoms with Crippen molar-refractivity contribution in [1.29, 1.82) is 0 Å². The lowest BCUT2D eigenvalue weighted by atomic mass is 9.97. The highest BCUT2D eigenvalue weighted by molar-refractivity contribution is 5.81. The molecule has 4 heteroatoms. The third kappa shape index (κ3) is 3.69. The quantitative estimate of drug-likeness (QED) is 0.719. The molecule has 0 aliphatic heterocycles. The highest BCUT2D eigenvalue weighted by Crippen LogP contribution is 2.34. The van der Waals surface area contributed by atoms with Crippen molar-refractivity contribution >= 4 is 5.97 Å². The van der Waals surface area contributed by atoms with Crippen LogP contribution in [-0.2, 0) is 9.53 Å². The van der Waals surface area contributed by atoms with Gasteiger partial charge in [0.15, 0.2) is 0 Å². The van der Waals surface area contributed by atoms with Crippen LogP contribution in [-0.4, -0.2) is 49.7 Å². The highest BCUT2D eigenvalue weighted by atomic mass is 16.5. The number of nitrogens with zero attached hydrogens (tertiary/aromatic N) is 1. The maximum absolute atomic E-state index is 12.0. The number of esters is 1. The van der Waals surface area contributed by atoms with E-state index in [1.165, 1.54) is 13.5 Å². The van der Waals surface area contributed by atoms with Crippen LogP contribution in [0.4, 0.5) is 0 Å². The van der Waals surface area contributed by atoms with Crippen molar-refractivity contribution in [2.75, 3.05) is 27.2 Å². The van der Waals surface area contributed by atoms with Gasteiger partial charge in [0.05, 0.1) is 7.11 Å². The van der Waals surface area contributed by atoms with Crippen molar-refractivity contribution in [1.82, 2.24) is 10.2 Å². The standard InChI is InChI=1S/C15H30N2O2/c1-6-12(3)11-17(7-2)13-8-9-15(10-13,16-4)14(18)19-5/h12-13,16H,6-11H2,1-5H3. The van der Waals surface area contributed by atoms with E-state index in [1.54, 1.807) is 0 Å². The molecule has 1 rings (SSSR count). The van der Waals surface area contributed by atoms with Crippen molar-refractivity contribution in [3.8, 4) is 0 Å². The summed E-state index contributed by atoms with van der Waals surface area (Å²) >= 11 is 0. The molecule has 1 aliphatic carbocycles. The van der Waals surface area contributed by atoms with E-state index >= 15 is 0 Å². The zero-order valence-electron chi connectivity index (χ0n) is 13.2. The van der Waals surface area contributed by atoms with Gasteiger partial charge in [-0.1, -0.05) is 27.2 Å². The maximum Gasteiger partial charge on any atom is 0.326 e. The first-order valence-electron chi connectivity index (χ1n) is 7.54. The third-order valence-electron chi connectivity index (χ3n) is 4.71. The Bertz CT molecular complexity index is 296. The van der Waals surface area contributed by atoms with E-state index < -0.39 is 5.54 Å². The molecule has 0 bridgehead atoms. The lowest BCUT2D eigenvalue weighted by Crippen LogP contribution is -2.50. The van der Waals surface area contributed by atoms with Gasteiger partial charge in [0.25, 0.3) is 0 Å². The molecule has 0 spiro atoms. The van der Waals surface area contributed by atoms with E-state index in [-0.39, 0.29) is 5.97 Å². The minimum absolute atomic E-state index is 0.114. The molecular formula is C15H30N2O2. The summed E-state index contributed by atoms with van der Waals surface area (Å²) in [5.41, 5.74) is -0.470. The van der Waals surface area contributed by atoms with Gasteiger partial charge in [-0.05, 0) is 38.8 Å². The molecule has 1 fully saturated rings. The second-order valence-electron chi connectivity index (χ2n) is 5.82. The summed E-state index contributed by atoms with van der Waals surface area (Å²) < 4.78 is 4.97. The summed E-state index contributed by atoms with van der Waals surface area (Å²) in [7, 11) is 3.34. The van der Waals surface area contributed by atoms with Gasteiger partial charge in [0, 0.05) is 12.6 Å². The van der Waals surface area contributed by atoms with Crippen molar-refractivity contribution in [3.05, 3.63) is 0 Å². The first kappa shape index (κ1) is 16.4. The Morgan fingerprint density at radius 2 is 2.21 bits per heavy atom. The largest absolute Gasteiger partial charge is 0.468 e. The lowest BCUT2D eigenvalue weighted by Gasteiger charge is -2.32. The minimum atomic E-state index is -0.470. The number of carbonyl (C=O) groups excluding carboxylic acids is 1. The number of nitrogens with one attached hydrogen (secondary N) is 1. The Morgan fingerprint density at radius 1 is 1.53 bits per heavy atom. The van der Waals surface area contributed by atoms with Crippen LogP contribution in [0.2, 0.25) is 0 Å². The highest BCUT2D eigenvalue weighted by Gasteiger charge is 2.46. The molecule has 0 amide bonds. The fraction of sp³-hybridized carbons (Fsp3) is 0.933. The summed E-state index contributed by atoms with van der Waals surface area (Å²) in [6, 6.07) is 0.491. The Labute approximate surface area is 117 Å². The number of rotatable bonds is 7. The van der Waals surface area contributed by atoms with Crippen LogP contribution < -0.4 is 5.32 Å². The summed E-state index contributed by atoms with van der Waals surface area (Å²) in [5, 5.41) is 3.20. The molecule has 1 N–H and O–H groups in total. The molecule has 3 unspecified atom stereocenters. The third-order valence-corrected chi connectivity index (χ3v) is 4.71. The monoisotopic (exact) mass is 270 g/mol. The van der Waals surface area contributed by atoms with E-state index in [4.69, 9.17) is 4.74 Å². The van der Waals surface area contributed by atoms with E-state index in [9.17, 15) is 4.79 Å². The number of methoxy groups -OCH3 is 1.